The number of benzene rings is 4. The molecule has 0 unspecified atom stereocenters. The molecule has 4 aromatic carbocycles. The van der Waals surface area contributed by atoms with Crippen molar-refractivity contribution in [3.8, 4) is 5.69 Å². The van der Waals surface area contributed by atoms with E-state index in [1.165, 1.54) is 29.1 Å². The maximum atomic E-state index is 13.6. The minimum atomic E-state index is -4.57. The third-order valence-corrected chi connectivity index (χ3v) is 6.39. The van der Waals surface area contributed by atoms with Gasteiger partial charge in [-0.1, -0.05) is 54.1 Å². The van der Waals surface area contributed by atoms with Gasteiger partial charge in [0, 0.05) is 17.5 Å². The number of amides is 2. The third-order valence-electron chi connectivity index (χ3n) is 6.06. The van der Waals surface area contributed by atoms with E-state index in [1.807, 2.05) is 6.07 Å². The molecule has 2 N–H and O–H groups in total. The van der Waals surface area contributed by atoms with E-state index in [2.05, 4.69) is 15.7 Å². The molecule has 0 fully saturated rings. The van der Waals surface area contributed by atoms with Gasteiger partial charge in [-0.05, 0) is 54.1 Å². The number of carbonyl (C=O) groups excluding carboxylic acids is 2. The molecule has 0 aliphatic heterocycles. The summed E-state index contributed by atoms with van der Waals surface area (Å²) in [7, 11) is 0. The van der Waals surface area contributed by atoms with Gasteiger partial charge in [-0.3, -0.25) is 9.59 Å². The molecule has 0 atom stereocenters. The summed E-state index contributed by atoms with van der Waals surface area (Å²) in [4.78, 5) is 25.6. The lowest BCUT2D eigenvalue weighted by atomic mass is 10.1. The summed E-state index contributed by atoms with van der Waals surface area (Å²) in [6, 6.07) is 23.6. The molecule has 196 valence electrons. The minimum absolute atomic E-state index is 0.128. The summed E-state index contributed by atoms with van der Waals surface area (Å²) in [5.74, 6) is -0.778. The van der Waals surface area contributed by atoms with Gasteiger partial charge in [-0.15, -0.1) is 0 Å². The Labute approximate surface area is 226 Å². The van der Waals surface area contributed by atoms with Crippen LogP contribution in [0.25, 0.3) is 16.6 Å². The molecule has 0 saturated carbocycles. The predicted molar refractivity (Wildman–Crippen MR) is 143 cm³/mol. The first-order chi connectivity index (χ1) is 18.7. The summed E-state index contributed by atoms with van der Waals surface area (Å²) in [5.41, 5.74) is 1.12. The second kappa shape index (κ2) is 10.6. The molecule has 0 spiro atoms. The summed E-state index contributed by atoms with van der Waals surface area (Å²) in [6.07, 6.45) is -3.17. The van der Waals surface area contributed by atoms with Crippen LogP contribution in [0.2, 0.25) is 5.02 Å². The van der Waals surface area contributed by atoms with Crippen LogP contribution in [-0.4, -0.2) is 21.6 Å². The maximum absolute atomic E-state index is 13.6. The van der Waals surface area contributed by atoms with E-state index >= 15 is 0 Å². The highest BCUT2D eigenvalue weighted by molar-refractivity contribution is 6.34. The third kappa shape index (κ3) is 5.49. The lowest BCUT2D eigenvalue weighted by Gasteiger charge is -2.14. The van der Waals surface area contributed by atoms with Crippen molar-refractivity contribution in [1.82, 2.24) is 15.1 Å². The molecule has 0 aliphatic carbocycles. The Hall–Kier alpha value is -4.63. The highest BCUT2D eigenvalue weighted by Crippen LogP contribution is 2.35. The number of hydrogen-bond donors (Lipinski definition) is 2. The zero-order chi connectivity index (χ0) is 27.6. The highest BCUT2D eigenvalue weighted by Gasteiger charge is 2.34. The van der Waals surface area contributed by atoms with Crippen LogP contribution in [0.3, 0.4) is 0 Å². The Morgan fingerprint density at radius 3 is 2.38 bits per heavy atom. The molecular weight excluding hydrogens is 529 g/mol. The number of alkyl halides is 3. The minimum Gasteiger partial charge on any atom is -0.348 e. The van der Waals surface area contributed by atoms with Gasteiger partial charge in [0.05, 0.1) is 39.2 Å². The van der Waals surface area contributed by atoms with Crippen LogP contribution in [-0.2, 0) is 12.7 Å². The van der Waals surface area contributed by atoms with Crippen molar-refractivity contribution in [2.24, 2.45) is 0 Å². The molecule has 0 bridgehead atoms. The van der Waals surface area contributed by atoms with Gasteiger partial charge in [-0.2, -0.15) is 18.3 Å². The lowest BCUT2D eigenvalue weighted by molar-refractivity contribution is -0.137. The Bertz CT molecular complexity index is 1680. The van der Waals surface area contributed by atoms with Crippen molar-refractivity contribution >= 4 is 40.0 Å². The SMILES string of the molecule is O=C(NCc1ccc(Cl)c(C(=O)Nc2cccc3c2cnn3-c2ccccc2C(F)(F)F)c1)c1ccccc1. The summed E-state index contributed by atoms with van der Waals surface area (Å²) in [5, 5.41) is 10.4. The van der Waals surface area contributed by atoms with Crippen molar-refractivity contribution in [3.05, 3.63) is 124 Å². The standard InChI is InChI=1S/C29H20ClF3N4O2/c30-23-14-13-18(16-34-27(38)19-7-2-1-3-8-19)15-20(23)28(39)36-24-10-6-12-25-21(24)17-35-37(25)26-11-5-4-9-22(26)29(31,32)33/h1-15,17H,16H2,(H,34,38)(H,36,39). The van der Waals surface area contributed by atoms with Crippen LogP contribution in [0.5, 0.6) is 0 Å². The molecule has 39 heavy (non-hydrogen) atoms. The van der Waals surface area contributed by atoms with Crippen molar-refractivity contribution in [2.75, 3.05) is 5.32 Å². The van der Waals surface area contributed by atoms with E-state index in [0.29, 0.717) is 27.7 Å². The van der Waals surface area contributed by atoms with Crippen molar-refractivity contribution in [2.45, 2.75) is 12.7 Å². The summed E-state index contributed by atoms with van der Waals surface area (Å²) < 4.78 is 42.0. The Balaban J connectivity index is 1.39. The molecule has 0 aliphatic rings. The van der Waals surface area contributed by atoms with Gasteiger partial charge in [0.2, 0.25) is 0 Å². The number of fused-ring (bicyclic) bond motifs is 1. The molecule has 0 radical (unpaired) electrons. The number of halogens is 4. The van der Waals surface area contributed by atoms with E-state index < -0.39 is 17.6 Å². The van der Waals surface area contributed by atoms with Gasteiger partial charge in [0.1, 0.15) is 0 Å². The van der Waals surface area contributed by atoms with Crippen molar-refractivity contribution < 1.29 is 22.8 Å². The lowest BCUT2D eigenvalue weighted by Crippen LogP contribution is -2.23. The average Bonchev–Trinajstić information content (AvgIpc) is 3.37. The fraction of sp³-hybridized carbons (Fsp3) is 0.0690. The molecule has 1 heterocycles. The van der Waals surface area contributed by atoms with Crippen LogP contribution >= 0.6 is 11.6 Å². The molecule has 1 aromatic heterocycles. The second-order valence-corrected chi connectivity index (χ2v) is 9.03. The number of nitrogens with one attached hydrogen (secondary N) is 2. The quantitative estimate of drug-likeness (QED) is 0.243. The van der Waals surface area contributed by atoms with Crippen LogP contribution in [0, 0.1) is 0 Å². The second-order valence-electron chi connectivity index (χ2n) is 8.63. The largest absolute Gasteiger partial charge is 0.418 e. The molecule has 10 heteroatoms. The molecule has 6 nitrogen and oxygen atoms in total. The Morgan fingerprint density at radius 2 is 1.62 bits per heavy atom. The Morgan fingerprint density at radius 1 is 0.872 bits per heavy atom. The summed E-state index contributed by atoms with van der Waals surface area (Å²) >= 11 is 6.31. The van der Waals surface area contributed by atoms with Gasteiger partial charge in [-0.25, -0.2) is 4.68 Å². The van der Waals surface area contributed by atoms with Gasteiger partial charge in [0.15, 0.2) is 0 Å². The van der Waals surface area contributed by atoms with Gasteiger partial charge >= 0.3 is 6.18 Å². The number of aromatic nitrogens is 2. The molecule has 5 aromatic rings. The van der Waals surface area contributed by atoms with Crippen molar-refractivity contribution in [3.63, 3.8) is 0 Å². The van der Waals surface area contributed by atoms with Gasteiger partial charge in [0.25, 0.3) is 11.8 Å². The average molecular weight is 549 g/mol. The predicted octanol–water partition coefficient (Wildman–Crippen LogP) is 6.88. The fourth-order valence-electron chi connectivity index (χ4n) is 4.17. The van der Waals surface area contributed by atoms with E-state index in [9.17, 15) is 22.8 Å². The van der Waals surface area contributed by atoms with Crippen LogP contribution in [0.15, 0.2) is 97.2 Å². The number of hydrogen-bond acceptors (Lipinski definition) is 3. The van der Waals surface area contributed by atoms with E-state index in [1.54, 1.807) is 60.7 Å². The smallest absolute Gasteiger partial charge is 0.348 e. The first kappa shape index (κ1) is 26.0. The number of rotatable bonds is 6. The number of nitrogens with zero attached hydrogens (tertiary/aromatic N) is 2. The number of carbonyl (C=O) groups is 2. The van der Waals surface area contributed by atoms with E-state index in [-0.39, 0.29) is 28.7 Å². The zero-order valence-corrected chi connectivity index (χ0v) is 20.9. The van der Waals surface area contributed by atoms with E-state index in [0.717, 1.165) is 6.07 Å². The van der Waals surface area contributed by atoms with Gasteiger partial charge < -0.3 is 10.6 Å². The molecular formula is C29H20ClF3N4O2. The van der Waals surface area contributed by atoms with Crippen LogP contribution < -0.4 is 10.6 Å². The molecule has 5 rings (SSSR count). The zero-order valence-electron chi connectivity index (χ0n) is 20.2. The molecule has 2 amide bonds. The topological polar surface area (TPSA) is 76.0 Å². The monoisotopic (exact) mass is 548 g/mol. The van der Waals surface area contributed by atoms with Crippen molar-refractivity contribution in [1.29, 1.82) is 0 Å². The fourth-order valence-corrected chi connectivity index (χ4v) is 4.37. The Kier molecular flexibility index (Phi) is 7.08. The maximum Gasteiger partial charge on any atom is 0.418 e. The first-order valence-electron chi connectivity index (χ1n) is 11.8. The highest BCUT2D eigenvalue weighted by atomic mass is 35.5. The summed E-state index contributed by atoms with van der Waals surface area (Å²) in [6.45, 7) is 0.173. The number of anilines is 1. The first-order valence-corrected chi connectivity index (χ1v) is 12.2. The van der Waals surface area contributed by atoms with E-state index in [4.69, 9.17) is 11.6 Å². The number of para-hydroxylation sites is 1. The van der Waals surface area contributed by atoms with Crippen LogP contribution in [0.4, 0.5) is 18.9 Å². The van der Waals surface area contributed by atoms with Crippen LogP contribution in [0.1, 0.15) is 31.8 Å². The molecule has 0 saturated heterocycles. The normalized spacial score (nSPS) is 11.4.